The fourth-order valence-electron chi connectivity index (χ4n) is 4.53. The number of nitrogens with one attached hydrogen (secondary N) is 1. The van der Waals surface area contributed by atoms with Crippen LogP contribution in [0.1, 0.15) is 36.8 Å². The first kappa shape index (κ1) is 22.0. The standard InChI is InChI=1S/C26H29N5O3/c1-4-31-19(15-21(29-31)20-10-8-17(2)13-24(20)33-3)16-34-26(32)27-18-9-11-23-22(14-18)28-25-7-5-6-12-30(23)25/h8-11,13-15H,4-7,12,16H2,1-3H3,(H,27,32). The van der Waals surface area contributed by atoms with Crippen LogP contribution in [0.3, 0.4) is 0 Å². The summed E-state index contributed by atoms with van der Waals surface area (Å²) in [5, 5.41) is 7.50. The van der Waals surface area contributed by atoms with Crippen LogP contribution >= 0.6 is 0 Å². The highest BCUT2D eigenvalue weighted by Gasteiger charge is 2.17. The summed E-state index contributed by atoms with van der Waals surface area (Å²) in [6.45, 7) is 5.81. The summed E-state index contributed by atoms with van der Waals surface area (Å²) in [6.07, 6.45) is 2.84. The summed E-state index contributed by atoms with van der Waals surface area (Å²) in [6, 6.07) is 13.8. The lowest BCUT2D eigenvalue weighted by molar-refractivity contribution is 0.151. The summed E-state index contributed by atoms with van der Waals surface area (Å²) < 4.78 is 15.2. The van der Waals surface area contributed by atoms with Gasteiger partial charge in [0, 0.05) is 30.8 Å². The second-order valence-electron chi connectivity index (χ2n) is 8.58. The van der Waals surface area contributed by atoms with Crippen LogP contribution in [-0.2, 0) is 30.9 Å². The van der Waals surface area contributed by atoms with Gasteiger partial charge in [-0.25, -0.2) is 9.78 Å². The third-order valence-electron chi connectivity index (χ3n) is 6.25. The number of hydrogen-bond acceptors (Lipinski definition) is 5. The van der Waals surface area contributed by atoms with Crippen molar-refractivity contribution in [2.45, 2.75) is 52.8 Å². The van der Waals surface area contributed by atoms with Crippen LogP contribution in [-0.4, -0.2) is 32.5 Å². The molecule has 5 rings (SSSR count). The quantitative estimate of drug-likeness (QED) is 0.422. The van der Waals surface area contributed by atoms with E-state index in [4.69, 9.17) is 14.5 Å². The first-order valence-electron chi connectivity index (χ1n) is 11.7. The maximum atomic E-state index is 12.5. The Morgan fingerprint density at radius 1 is 1.15 bits per heavy atom. The summed E-state index contributed by atoms with van der Waals surface area (Å²) >= 11 is 0. The van der Waals surface area contributed by atoms with E-state index < -0.39 is 6.09 Å². The van der Waals surface area contributed by atoms with Crippen molar-refractivity contribution in [2.75, 3.05) is 12.4 Å². The third-order valence-corrected chi connectivity index (χ3v) is 6.25. The average molecular weight is 460 g/mol. The van der Waals surface area contributed by atoms with Crippen LogP contribution < -0.4 is 10.1 Å². The molecular weight excluding hydrogens is 430 g/mol. The molecule has 2 aromatic carbocycles. The number of rotatable bonds is 6. The van der Waals surface area contributed by atoms with E-state index in [1.165, 1.54) is 12.8 Å². The highest BCUT2D eigenvalue weighted by atomic mass is 16.5. The van der Waals surface area contributed by atoms with Crippen LogP contribution in [0.15, 0.2) is 42.5 Å². The number of amides is 1. The first-order valence-corrected chi connectivity index (χ1v) is 11.7. The van der Waals surface area contributed by atoms with Gasteiger partial charge in [0.1, 0.15) is 18.2 Å². The second-order valence-corrected chi connectivity index (χ2v) is 8.58. The molecular formula is C26H29N5O3. The maximum absolute atomic E-state index is 12.5. The fraction of sp³-hybridized carbons (Fsp3) is 0.346. The van der Waals surface area contributed by atoms with Gasteiger partial charge in [-0.05, 0) is 68.7 Å². The van der Waals surface area contributed by atoms with Gasteiger partial charge in [-0.1, -0.05) is 6.07 Å². The number of carbonyl (C=O) groups excluding carboxylic acids is 1. The topological polar surface area (TPSA) is 83.2 Å². The molecule has 8 nitrogen and oxygen atoms in total. The molecule has 0 unspecified atom stereocenters. The molecule has 4 aromatic rings. The Balaban J connectivity index is 1.28. The van der Waals surface area contributed by atoms with Gasteiger partial charge in [-0.2, -0.15) is 5.10 Å². The van der Waals surface area contributed by atoms with Gasteiger partial charge in [0.05, 0.1) is 29.5 Å². The Labute approximate surface area is 198 Å². The Kier molecular flexibility index (Phi) is 5.96. The van der Waals surface area contributed by atoms with E-state index in [0.717, 1.165) is 58.1 Å². The minimum atomic E-state index is -0.512. The van der Waals surface area contributed by atoms with Crippen molar-refractivity contribution in [3.8, 4) is 17.0 Å². The van der Waals surface area contributed by atoms with E-state index in [1.54, 1.807) is 7.11 Å². The van der Waals surface area contributed by atoms with Gasteiger partial charge in [0.2, 0.25) is 0 Å². The molecule has 0 radical (unpaired) electrons. The molecule has 0 aliphatic carbocycles. The minimum Gasteiger partial charge on any atom is -0.496 e. The number of benzene rings is 2. The highest BCUT2D eigenvalue weighted by Crippen LogP contribution is 2.31. The Morgan fingerprint density at radius 3 is 2.85 bits per heavy atom. The predicted octanol–water partition coefficient (Wildman–Crippen LogP) is 5.32. The number of fused-ring (bicyclic) bond motifs is 3. The minimum absolute atomic E-state index is 0.113. The van der Waals surface area contributed by atoms with E-state index in [2.05, 4.69) is 15.0 Å². The lowest BCUT2D eigenvalue weighted by atomic mass is 10.1. The molecule has 0 saturated heterocycles. The normalized spacial score (nSPS) is 13.0. The molecule has 176 valence electrons. The monoisotopic (exact) mass is 459 g/mol. The lowest BCUT2D eigenvalue weighted by Crippen LogP contribution is -2.15. The Bertz CT molecular complexity index is 1350. The van der Waals surface area contributed by atoms with E-state index in [0.29, 0.717) is 12.2 Å². The molecule has 8 heteroatoms. The summed E-state index contributed by atoms with van der Waals surface area (Å²) in [7, 11) is 1.65. The Hall–Kier alpha value is -3.81. The smallest absolute Gasteiger partial charge is 0.412 e. The zero-order chi connectivity index (χ0) is 23.7. The van der Waals surface area contributed by atoms with Gasteiger partial charge in [0.15, 0.2) is 0 Å². The largest absolute Gasteiger partial charge is 0.496 e. The number of anilines is 1. The van der Waals surface area contributed by atoms with Gasteiger partial charge < -0.3 is 14.0 Å². The van der Waals surface area contributed by atoms with E-state index in [1.807, 2.05) is 61.0 Å². The SMILES string of the molecule is CCn1nc(-c2ccc(C)cc2OC)cc1COC(=O)Nc1ccc2c(c1)nc1n2CCCC1. The molecule has 0 bridgehead atoms. The van der Waals surface area contributed by atoms with Crippen molar-refractivity contribution in [3.63, 3.8) is 0 Å². The molecule has 0 atom stereocenters. The number of aryl methyl sites for hydroxylation is 4. The van der Waals surface area contributed by atoms with Crippen molar-refractivity contribution in [1.29, 1.82) is 0 Å². The molecule has 34 heavy (non-hydrogen) atoms. The first-order chi connectivity index (χ1) is 16.6. The summed E-state index contributed by atoms with van der Waals surface area (Å²) in [5.74, 6) is 1.89. The molecule has 0 spiro atoms. The lowest BCUT2D eigenvalue weighted by Gasteiger charge is -2.13. The molecule has 1 aliphatic rings. The zero-order valence-electron chi connectivity index (χ0n) is 19.8. The molecule has 1 aliphatic heterocycles. The van der Waals surface area contributed by atoms with Crippen LogP contribution in [0, 0.1) is 6.92 Å². The van der Waals surface area contributed by atoms with Crippen LogP contribution in [0.25, 0.3) is 22.3 Å². The third kappa shape index (κ3) is 4.23. The maximum Gasteiger partial charge on any atom is 0.412 e. The molecule has 1 N–H and O–H groups in total. The number of aromatic nitrogens is 4. The van der Waals surface area contributed by atoms with Crippen molar-refractivity contribution < 1.29 is 14.3 Å². The van der Waals surface area contributed by atoms with Gasteiger partial charge in [-0.3, -0.25) is 10.00 Å². The number of carbonyl (C=O) groups is 1. The Morgan fingerprint density at radius 2 is 2.03 bits per heavy atom. The summed E-state index contributed by atoms with van der Waals surface area (Å²) in [4.78, 5) is 17.3. The van der Waals surface area contributed by atoms with Gasteiger partial charge in [-0.15, -0.1) is 0 Å². The van der Waals surface area contributed by atoms with Crippen molar-refractivity contribution in [1.82, 2.24) is 19.3 Å². The van der Waals surface area contributed by atoms with E-state index in [9.17, 15) is 4.79 Å². The van der Waals surface area contributed by atoms with Gasteiger partial charge >= 0.3 is 6.09 Å². The number of ether oxygens (including phenoxy) is 2. The number of nitrogens with zero attached hydrogens (tertiary/aromatic N) is 4. The summed E-state index contributed by atoms with van der Waals surface area (Å²) in [5.41, 5.74) is 6.29. The molecule has 3 heterocycles. The van der Waals surface area contributed by atoms with Crippen LogP contribution in [0.5, 0.6) is 5.75 Å². The van der Waals surface area contributed by atoms with Crippen molar-refractivity contribution in [2.24, 2.45) is 0 Å². The number of hydrogen-bond donors (Lipinski definition) is 1. The molecule has 0 fully saturated rings. The number of methoxy groups -OCH3 is 1. The zero-order valence-corrected chi connectivity index (χ0v) is 19.8. The predicted molar refractivity (Wildman–Crippen MR) is 131 cm³/mol. The van der Waals surface area contributed by atoms with E-state index >= 15 is 0 Å². The van der Waals surface area contributed by atoms with Crippen LogP contribution in [0.4, 0.5) is 10.5 Å². The van der Waals surface area contributed by atoms with Crippen molar-refractivity contribution in [3.05, 3.63) is 59.5 Å². The van der Waals surface area contributed by atoms with Gasteiger partial charge in [0.25, 0.3) is 0 Å². The van der Waals surface area contributed by atoms with Crippen molar-refractivity contribution >= 4 is 22.8 Å². The average Bonchev–Trinajstić information content (AvgIpc) is 3.43. The second kappa shape index (κ2) is 9.21. The molecule has 2 aromatic heterocycles. The van der Waals surface area contributed by atoms with E-state index in [-0.39, 0.29) is 6.61 Å². The number of imidazole rings is 1. The fourth-order valence-corrected chi connectivity index (χ4v) is 4.53. The molecule has 0 saturated carbocycles. The highest BCUT2D eigenvalue weighted by molar-refractivity contribution is 5.89. The molecule has 1 amide bonds. The van der Waals surface area contributed by atoms with Crippen LogP contribution in [0.2, 0.25) is 0 Å².